The molecular weight excluding hydrogens is 497 g/mol. The van der Waals surface area contributed by atoms with Gasteiger partial charge in [0, 0.05) is 22.3 Å². The van der Waals surface area contributed by atoms with E-state index in [0.717, 1.165) is 11.3 Å². The zero-order chi connectivity index (χ0) is 24.7. The predicted octanol–water partition coefficient (Wildman–Crippen LogP) is 4.76. The molecule has 8 nitrogen and oxygen atoms in total. The quantitative estimate of drug-likeness (QED) is 0.373. The summed E-state index contributed by atoms with van der Waals surface area (Å²) in [4.78, 5) is 24.9. The molecule has 2 amide bonds. The molecule has 34 heavy (non-hydrogen) atoms. The third-order valence-corrected chi connectivity index (χ3v) is 6.23. The van der Waals surface area contributed by atoms with Crippen molar-refractivity contribution in [1.82, 2.24) is 20.1 Å². The average Bonchev–Trinajstić information content (AvgIpc) is 3.20. The number of aromatic nitrogens is 3. The summed E-state index contributed by atoms with van der Waals surface area (Å²) in [5, 5.41) is 15.7. The Morgan fingerprint density at radius 3 is 2.38 bits per heavy atom. The van der Waals surface area contributed by atoms with Crippen LogP contribution in [-0.2, 0) is 22.6 Å². The van der Waals surface area contributed by atoms with Crippen LogP contribution in [0.15, 0.2) is 47.6 Å². The monoisotopic (exact) mass is 521 g/mol. The number of hydrogen-bond acceptors (Lipinski definition) is 6. The Kier molecular flexibility index (Phi) is 9.20. The van der Waals surface area contributed by atoms with Gasteiger partial charge in [-0.3, -0.25) is 9.59 Å². The summed E-state index contributed by atoms with van der Waals surface area (Å²) in [7, 11) is 1.60. The van der Waals surface area contributed by atoms with E-state index in [2.05, 4.69) is 20.8 Å². The average molecular weight is 522 g/mol. The van der Waals surface area contributed by atoms with Crippen molar-refractivity contribution in [3.8, 4) is 5.75 Å². The maximum absolute atomic E-state index is 12.5. The van der Waals surface area contributed by atoms with Gasteiger partial charge in [-0.05, 0) is 49.7 Å². The van der Waals surface area contributed by atoms with Crippen LogP contribution < -0.4 is 15.4 Å². The SMILES string of the molecule is CCn1c(SCC(=O)Nc2cc(Cl)cc(Cl)c2)nnc1[C@@H](C)NC(=O)Cc1ccc(OC)cc1. The lowest BCUT2D eigenvalue weighted by atomic mass is 10.1. The van der Waals surface area contributed by atoms with E-state index >= 15 is 0 Å². The van der Waals surface area contributed by atoms with Gasteiger partial charge in [-0.2, -0.15) is 0 Å². The van der Waals surface area contributed by atoms with Crippen molar-refractivity contribution in [2.75, 3.05) is 18.2 Å². The largest absolute Gasteiger partial charge is 0.497 e. The van der Waals surface area contributed by atoms with Crippen LogP contribution >= 0.6 is 35.0 Å². The van der Waals surface area contributed by atoms with Gasteiger partial charge < -0.3 is 19.9 Å². The normalized spacial score (nSPS) is 11.7. The van der Waals surface area contributed by atoms with E-state index in [9.17, 15) is 9.59 Å². The Morgan fingerprint density at radius 1 is 1.09 bits per heavy atom. The van der Waals surface area contributed by atoms with E-state index in [1.54, 1.807) is 25.3 Å². The third kappa shape index (κ3) is 7.12. The van der Waals surface area contributed by atoms with Crippen molar-refractivity contribution in [3.63, 3.8) is 0 Å². The van der Waals surface area contributed by atoms with Crippen molar-refractivity contribution in [2.45, 2.75) is 38.0 Å². The maximum atomic E-state index is 12.5. The highest BCUT2D eigenvalue weighted by molar-refractivity contribution is 7.99. The van der Waals surface area contributed by atoms with E-state index in [-0.39, 0.29) is 30.0 Å². The van der Waals surface area contributed by atoms with Crippen molar-refractivity contribution in [2.24, 2.45) is 0 Å². The van der Waals surface area contributed by atoms with E-state index in [1.165, 1.54) is 11.8 Å². The van der Waals surface area contributed by atoms with E-state index in [0.29, 0.717) is 33.3 Å². The van der Waals surface area contributed by atoms with Gasteiger partial charge in [-0.1, -0.05) is 47.1 Å². The molecule has 1 atom stereocenters. The molecule has 1 aromatic heterocycles. The molecule has 0 unspecified atom stereocenters. The van der Waals surface area contributed by atoms with Crippen LogP contribution in [-0.4, -0.2) is 39.4 Å². The second kappa shape index (κ2) is 12.1. The number of benzene rings is 2. The van der Waals surface area contributed by atoms with E-state index < -0.39 is 0 Å². The smallest absolute Gasteiger partial charge is 0.234 e. The molecule has 11 heteroatoms. The Balaban J connectivity index is 1.57. The Morgan fingerprint density at radius 2 is 1.76 bits per heavy atom. The minimum absolute atomic E-state index is 0.125. The first-order chi connectivity index (χ1) is 16.3. The number of halogens is 2. The standard InChI is InChI=1S/C23H25Cl2N5O3S/c1-4-30-22(14(2)26-20(31)9-15-5-7-19(33-3)8-6-15)28-29-23(30)34-13-21(32)27-18-11-16(24)10-17(25)12-18/h5-8,10-12,14H,4,9,13H2,1-3H3,(H,26,31)(H,27,32)/t14-/m1/s1. The maximum Gasteiger partial charge on any atom is 0.234 e. The minimum Gasteiger partial charge on any atom is -0.497 e. The molecule has 0 bridgehead atoms. The fraction of sp³-hybridized carbons (Fsp3) is 0.304. The number of hydrogen-bond donors (Lipinski definition) is 2. The number of methoxy groups -OCH3 is 1. The Bertz CT molecular complexity index is 1130. The van der Waals surface area contributed by atoms with Gasteiger partial charge >= 0.3 is 0 Å². The summed E-state index contributed by atoms with van der Waals surface area (Å²) in [5.41, 5.74) is 1.40. The third-order valence-electron chi connectivity index (χ3n) is 4.83. The lowest BCUT2D eigenvalue weighted by Gasteiger charge is -2.15. The van der Waals surface area contributed by atoms with E-state index in [1.807, 2.05) is 42.7 Å². The molecule has 0 radical (unpaired) electrons. The first-order valence-electron chi connectivity index (χ1n) is 10.5. The zero-order valence-corrected chi connectivity index (χ0v) is 21.3. The fourth-order valence-corrected chi connectivity index (χ4v) is 4.60. The number of amides is 2. The van der Waals surface area contributed by atoms with Crippen LogP contribution in [0.5, 0.6) is 5.75 Å². The van der Waals surface area contributed by atoms with Crippen LogP contribution in [0.1, 0.15) is 31.3 Å². The zero-order valence-electron chi connectivity index (χ0n) is 19.0. The summed E-state index contributed by atoms with van der Waals surface area (Å²) in [6.45, 7) is 4.40. The predicted molar refractivity (Wildman–Crippen MR) is 135 cm³/mol. The number of carbonyl (C=O) groups excluding carboxylic acids is 2. The second-order valence-corrected chi connectivity index (χ2v) is 9.21. The first-order valence-corrected chi connectivity index (χ1v) is 12.3. The number of anilines is 1. The molecule has 2 N–H and O–H groups in total. The molecule has 0 spiro atoms. The lowest BCUT2D eigenvalue weighted by molar-refractivity contribution is -0.121. The minimum atomic E-state index is -0.352. The van der Waals surface area contributed by atoms with Gasteiger partial charge in [-0.25, -0.2) is 0 Å². The van der Waals surface area contributed by atoms with Crippen LogP contribution in [0.25, 0.3) is 0 Å². The summed E-state index contributed by atoms with van der Waals surface area (Å²) < 4.78 is 7.02. The molecule has 180 valence electrons. The van der Waals surface area contributed by atoms with Crippen LogP contribution in [0.4, 0.5) is 5.69 Å². The van der Waals surface area contributed by atoms with Crippen LogP contribution in [0.3, 0.4) is 0 Å². The molecule has 0 aliphatic rings. The van der Waals surface area contributed by atoms with Gasteiger partial charge in [0.1, 0.15) is 5.75 Å². The van der Waals surface area contributed by atoms with Gasteiger partial charge in [0.25, 0.3) is 0 Å². The number of rotatable bonds is 10. The first kappa shape index (κ1) is 25.9. The highest BCUT2D eigenvalue weighted by Gasteiger charge is 2.20. The summed E-state index contributed by atoms with van der Waals surface area (Å²) in [5.74, 6) is 1.13. The number of thioether (sulfide) groups is 1. The van der Waals surface area contributed by atoms with Crippen molar-refractivity contribution in [3.05, 3.63) is 63.9 Å². The van der Waals surface area contributed by atoms with Crippen LogP contribution in [0.2, 0.25) is 10.0 Å². The topological polar surface area (TPSA) is 98.1 Å². The summed E-state index contributed by atoms with van der Waals surface area (Å²) in [6, 6.07) is 11.8. The molecule has 0 aliphatic carbocycles. The highest BCUT2D eigenvalue weighted by Crippen LogP contribution is 2.24. The number of nitrogens with zero attached hydrogens (tertiary/aromatic N) is 3. The van der Waals surface area contributed by atoms with Crippen molar-refractivity contribution < 1.29 is 14.3 Å². The molecule has 0 fully saturated rings. The molecule has 3 aromatic rings. The molecule has 1 heterocycles. The van der Waals surface area contributed by atoms with Crippen molar-refractivity contribution in [1.29, 1.82) is 0 Å². The molecule has 0 saturated heterocycles. The van der Waals surface area contributed by atoms with Crippen molar-refractivity contribution >= 4 is 52.5 Å². The Labute approximate surface area is 212 Å². The molecule has 2 aromatic carbocycles. The summed E-state index contributed by atoms with van der Waals surface area (Å²) >= 11 is 13.2. The van der Waals surface area contributed by atoms with Crippen LogP contribution in [0, 0.1) is 0 Å². The van der Waals surface area contributed by atoms with Gasteiger partial charge in [-0.15, -0.1) is 10.2 Å². The highest BCUT2D eigenvalue weighted by atomic mass is 35.5. The summed E-state index contributed by atoms with van der Waals surface area (Å²) in [6.07, 6.45) is 0.240. The van der Waals surface area contributed by atoms with Gasteiger partial charge in [0.15, 0.2) is 11.0 Å². The van der Waals surface area contributed by atoms with Gasteiger partial charge in [0.2, 0.25) is 11.8 Å². The number of carbonyl (C=O) groups is 2. The molecular formula is C23H25Cl2N5O3S. The van der Waals surface area contributed by atoms with Gasteiger partial charge in [0.05, 0.1) is 25.3 Å². The van der Waals surface area contributed by atoms with E-state index in [4.69, 9.17) is 27.9 Å². The lowest BCUT2D eigenvalue weighted by Crippen LogP contribution is -2.30. The fourth-order valence-electron chi connectivity index (χ4n) is 3.26. The number of ether oxygens (including phenoxy) is 1. The molecule has 0 aliphatic heterocycles. The molecule has 3 rings (SSSR count). The second-order valence-electron chi connectivity index (χ2n) is 7.39. The number of nitrogens with one attached hydrogen (secondary N) is 2. The Hall–Kier alpha value is -2.75. The molecule has 0 saturated carbocycles.